The first-order chi connectivity index (χ1) is 25.5. The van der Waals surface area contributed by atoms with Crippen molar-refractivity contribution in [3.63, 3.8) is 0 Å². The van der Waals surface area contributed by atoms with Crippen LogP contribution in [0, 0.1) is 23.7 Å². The van der Waals surface area contributed by atoms with Gasteiger partial charge in [-0.3, -0.25) is 4.79 Å². The first kappa shape index (κ1) is 34.4. The minimum absolute atomic E-state index is 0.0447. The van der Waals surface area contributed by atoms with Crippen molar-refractivity contribution in [2.45, 2.75) is 107 Å². The molecule has 1 saturated heterocycles. The summed E-state index contributed by atoms with van der Waals surface area (Å²) in [7, 11) is 0. The number of nitrogens with one attached hydrogen (secondary N) is 1. The van der Waals surface area contributed by atoms with Gasteiger partial charge in [-0.25, -0.2) is 24.7 Å². The molecule has 0 atom stereocenters. The maximum absolute atomic E-state index is 15.5. The monoisotopic (exact) mass is 727 g/mol. The minimum atomic E-state index is -3.48. The third-order valence-electron chi connectivity index (χ3n) is 13.5. The Kier molecular flexibility index (Phi) is 8.34. The number of carbonyl (C=O) groups is 2. The summed E-state index contributed by atoms with van der Waals surface area (Å²) in [6.45, 7) is 2.86. The van der Waals surface area contributed by atoms with E-state index < -0.39 is 29.0 Å². The maximum atomic E-state index is 15.5. The summed E-state index contributed by atoms with van der Waals surface area (Å²) in [5, 5.41) is 13.4. The lowest BCUT2D eigenvalue weighted by Crippen LogP contribution is -2.70. The van der Waals surface area contributed by atoms with E-state index in [2.05, 4.69) is 36.2 Å². The van der Waals surface area contributed by atoms with Gasteiger partial charge in [-0.1, -0.05) is 19.3 Å². The van der Waals surface area contributed by atoms with Crippen LogP contribution in [0.3, 0.4) is 0 Å². The Bertz CT molecular complexity index is 1860. The minimum Gasteiger partial charge on any atom is -0.490 e. The fourth-order valence-electron chi connectivity index (χ4n) is 11.2. The van der Waals surface area contributed by atoms with Crippen molar-refractivity contribution >= 4 is 29.5 Å². The number of nitrogens with zero attached hydrogens (tertiary/aromatic N) is 6. The molecule has 13 heteroatoms. The van der Waals surface area contributed by atoms with Crippen LogP contribution in [0.1, 0.15) is 106 Å². The Morgan fingerprint density at radius 2 is 1.62 bits per heavy atom. The number of amides is 1. The number of anilines is 3. The fourth-order valence-corrected chi connectivity index (χ4v) is 11.2. The van der Waals surface area contributed by atoms with Crippen LogP contribution >= 0.6 is 0 Å². The van der Waals surface area contributed by atoms with Crippen LogP contribution in [0.15, 0.2) is 42.9 Å². The number of carboxylic acid groups (broad SMARTS) is 1. The van der Waals surface area contributed by atoms with Gasteiger partial charge < -0.3 is 25.0 Å². The van der Waals surface area contributed by atoms with Crippen molar-refractivity contribution in [3.8, 4) is 5.75 Å². The summed E-state index contributed by atoms with van der Waals surface area (Å²) in [6.07, 6.45) is 15.6. The number of rotatable bonds is 8. The van der Waals surface area contributed by atoms with Gasteiger partial charge in [-0.05, 0) is 98.4 Å². The van der Waals surface area contributed by atoms with Crippen molar-refractivity contribution in [1.29, 1.82) is 0 Å². The molecule has 1 aromatic carbocycles. The first-order valence-electron chi connectivity index (χ1n) is 19.4. The number of halogens is 2. The summed E-state index contributed by atoms with van der Waals surface area (Å²) >= 11 is 0. The number of aromatic nitrogens is 4. The summed E-state index contributed by atoms with van der Waals surface area (Å²) in [5.41, 5.74) is -0.777. The molecule has 1 amide bonds. The second-order valence-corrected chi connectivity index (χ2v) is 16.7. The summed E-state index contributed by atoms with van der Waals surface area (Å²) in [6, 6.07) is 7.86. The van der Waals surface area contributed by atoms with Crippen molar-refractivity contribution < 1.29 is 28.2 Å². The molecule has 11 nitrogen and oxygen atoms in total. The third kappa shape index (κ3) is 5.89. The number of aliphatic carboxylic acids is 1. The van der Waals surface area contributed by atoms with E-state index >= 15 is 8.78 Å². The molecular formula is C40H47F2N7O4. The second-order valence-electron chi connectivity index (χ2n) is 16.7. The molecule has 4 bridgehead atoms. The molecule has 6 fully saturated rings. The summed E-state index contributed by atoms with van der Waals surface area (Å²) < 4.78 is 37.5. The number of piperidine rings is 1. The zero-order chi connectivity index (χ0) is 36.5. The van der Waals surface area contributed by atoms with Crippen molar-refractivity contribution in [1.82, 2.24) is 25.3 Å². The smallest absolute Gasteiger partial charge is 0.330 e. The molecule has 2 aromatic heterocycles. The molecule has 1 spiro atoms. The number of carbonyl (C=O) groups excluding carboxylic acids is 1. The normalized spacial score (nSPS) is 29.0. The highest BCUT2D eigenvalue weighted by Crippen LogP contribution is 2.58. The van der Waals surface area contributed by atoms with Gasteiger partial charge in [0, 0.05) is 69.1 Å². The van der Waals surface area contributed by atoms with Gasteiger partial charge in [0.05, 0.1) is 5.56 Å². The SMILES string of the molecule is CC(F)(F)c1nc(N2CC3(CCCCC3)c3cc(OC4CCN(c5ncccn5)CC4)ccc32)ncc1C(=O)NC1(C(=O)O)C2CC3CC(C2)CC1C3. The van der Waals surface area contributed by atoms with E-state index in [4.69, 9.17) is 4.74 Å². The predicted molar refractivity (Wildman–Crippen MR) is 193 cm³/mol. The highest BCUT2D eigenvalue weighted by atomic mass is 19.3. The Morgan fingerprint density at radius 3 is 2.26 bits per heavy atom. The molecule has 10 rings (SSSR count). The lowest BCUT2D eigenvalue weighted by molar-refractivity contribution is -0.163. The van der Waals surface area contributed by atoms with Crippen LogP contribution < -0.4 is 19.9 Å². The molecule has 3 aromatic rings. The average Bonchev–Trinajstić information content (AvgIpc) is 3.45. The van der Waals surface area contributed by atoms with E-state index in [1.807, 2.05) is 23.1 Å². The van der Waals surface area contributed by atoms with Crippen molar-refractivity contribution in [2.75, 3.05) is 29.4 Å². The van der Waals surface area contributed by atoms with E-state index in [1.165, 1.54) is 6.20 Å². The number of ether oxygens (including phenoxy) is 1. The zero-order valence-electron chi connectivity index (χ0n) is 30.1. The highest BCUT2D eigenvalue weighted by molar-refractivity contribution is 5.99. The molecule has 0 radical (unpaired) electrons. The van der Waals surface area contributed by atoms with Gasteiger partial charge in [0.2, 0.25) is 11.9 Å². The van der Waals surface area contributed by atoms with Gasteiger partial charge >= 0.3 is 5.97 Å². The van der Waals surface area contributed by atoms with Crippen LogP contribution in [-0.2, 0) is 16.1 Å². The fraction of sp³-hybridized carbons (Fsp3) is 0.600. The number of benzene rings is 1. The average molecular weight is 728 g/mol. The number of hydrogen-bond donors (Lipinski definition) is 2. The predicted octanol–water partition coefficient (Wildman–Crippen LogP) is 6.79. The Morgan fingerprint density at radius 1 is 0.943 bits per heavy atom. The van der Waals surface area contributed by atoms with Crippen LogP contribution in [0.2, 0.25) is 0 Å². The summed E-state index contributed by atoms with van der Waals surface area (Å²) in [4.78, 5) is 48.7. The Hall–Kier alpha value is -4.42. The molecule has 2 N–H and O–H groups in total. The molecule has 7 aliphatic rings. The van der Waals surface area contributed by atoms with Gasteiger partial charge in [-0.2, -0.15) is 8.78 Å². The van der Waals surface area contributed by atoms with Gasteiger partial charge in [-0.15, -0.1) is 0 Å². The Balaban J connectivity index is 0.989. The molecule has 280 valence electrons. The molecule has 0 unspecified atom stereocenters. The van der Waals surface area contributed by atoms with Crippen LogP contribution in [-0.4, -0.2) is 68.2 Å². The third-order valence-corrected chi connectivity index (χ3v) is 13.5. The topological polar surface area (TPSA) is 134 Å². The maximum Gasteiger partial charge on any atom is 0.330 e. The molecule has 4 heterocycles. The van der Waals surface area contributed by atoms with Crippen molar-refractivity contribution in [2.24, 2.45) is 23.7 Å². The number of carboxylic acids is 1. The largest absolute Gasteiger partial charge is 0.490 e. The van der Waals surface area contributed by atoms with Gasteiger partial charge in [0.15, 0.2) is 0 Å². The number of alkyl halides is 2. The highest BCUT2D eigenvalue weighted by Gasteiger charge is 2.62. The molecule has 5 aliphatic carbocycles. The Labute approximate surface area is 308 Å². The van der Waals surface area contributed by atoms with E-state index in [1.54, 1.807) is 12.4 Å². The van der Waals surface area contributed by atoms with Crippen LogP contribution in [0.4, 0.5) is 26.4 Å². The lowest BCUT2D eigenvalue weighted by atomic mass is 9.48. The van der Waals surface area contributed by atoms with E-state index in [0.717, 1.165) is 120 Å². The van der Waals surface area contributed by atoms with E-state index in [9.17, 15) is 14.7 Å². The van der Waals surface area contributed by atoms with Crippen LogP contribution in [0.25, 0.3) is 0 Å². The van der Waals surface area contributed by atoms with E-state index in [-0.39, 0.29) is 34.9 Å². The van der Waals surface area contributed by atoms with Crippen LogP contribution in [0.5, 0.6) is 5.75 Å². The van der Waals surface area contributed by atoms with Gasteiger partial charge in [0.1, 0.15) is 23.1 Å². The van der Waals surface area contributed by atoms with E-state index in [0.29, 0.717) is 18.4 Å². The quantitative estimate of drug-likeness (QED) is 0.256. The van der Waals surface area contributed by atoms with Crippen molar-refractivity contribution in [3.05, 3.63) is 59.7 Å². The second kappa shape index (κ2) is 12.9. The molecule has 5 saturated carbocycles. The number of hydrogen-bond acceptors (Lipinski definition) is 9. The number of fused-ring (bicyclic) bond motifs is 2. The standard InChI is InChI=1S/C40H47F2N7O4/c1-38(41,42)33-30(34(50)47-40(35(51)52)26-17-24-16-25(19-26)20-27(40)18-24)22-45-37(46-33)49-23-39(10-3-2-4-11-39)31-21-29(6-7-32(31)49)53-28-8-14-48(15-9-28)36-43-12-5-13-44-36/h5-7,12-13,21-22,24-28H,2-4,8-11,14-20,23H2,1H3,(H,47,50)(H,51,52). The first-order valence-corrected chi connectivity index (χ1v) is 19.4. The van der Waals surface area contributed by atoms with Gasteiger partial charge in [0.25, 0.3) is 11.8 Å². The summed E-state index contributed by atoms with van der Waals surface area (Å²) in [5.74, 6) is -3.29. The molecular weight excluding hydrogens is 680 g/mol. The lowest BCUT2D eigenvalue weighted by Gasteiger charge is -2.59. The zero-order valence-corrected chi connectivity index (χ0v) is 30.1. The molecule has 2 aliphatic heterocycles. The molecule has 53 heavy (non-hydrogen) atoms.